The van der Waals surface area contributed by atoms with Crippen LogP contribution in [0, 0.1) is 0 Å². The van der Waals surface area contributed by atoms with Crippen LogP contribution in [0.3, 0.4) is 0 Å². The summed E-state index contributed by atoms with van der Waals surface area (Å²) in [7, 11) is 0. The maximum atomic E-state index is 14.0. The molecule has 0 aliphatic heterocycles. The molecule has 6 rings (SSSR count). The molecular weight excluding hydrogens is 865 g/mol. The summed E-state index contributed by atoms with van der Waals surface area (Å²) in [4.78, 5) is 48.6. The van der Waals surface area contributed by atoms with Crippen LogP contribution in [0.4, 0.5) is 0 Å². The molecule has 0 N–H and O–H groups in total. The van der Waals surface area contributed by atoms with Gasteiger partial charge in [0.15, 0.2) is 0 Å². The van der Waals surface area contributed by atoms with Gasteiger partial charge in [-0.05, 0) is 88.6 Å². The Balaban J connectivity index is 1.15. The van der Waals surface area contributed by atoms with Gasteiger partial charge in [-0.1, -0.05) is 36.4 Å². The normalized spacial score (nSPS) is 12.3. The molecule has 0 aromatic carbocycles. The summed E-state index contributed by atoms with van der Waals surface area (Å²) in [5, 5.41) is 54.6. The Morgan fingerprint density at radius 3 is 0.955 bits per heavy atom. The summed E-state index contributed by atoms with van der Waals surface area (Å²) >= 11 is 0. The van der Waals surface area contributed by atoms with Crippen LogP contribution in [0.2, 0.25) is 0 Å². The fourth-order valence-electron chi connectivity index (χ4n) is 6.31. The van der Waals surface area contributed by atoms with Gasteiger partial charge >= 0.3 is 0 Å². The molecule has 0 saturated carbocycles. The Morgan fingerprint density at radius 1 is 0.448 bits per heavy atom. The van der Waals surface area contributed by atoms with Crippen LogP contribution < -0.4 is 0 Å². The Labute approximate surface area is 387 Å². The van der Waals surface area contributed by atoms with E-state index in [1.807, 2.05) is 83.1 Å². The van der Waals surface area contributed by atoms with E-state index in [0.717, 1.165) is 0 Å². The van der Waals surface area contributed by atoms with Gasteiger partial charge in [0.1, 0.15) is 53.8 Å². The largest absolute Gasteiger partial charge is 0.331 e. The summed E-state index contributed by atoms with van der Waals surface area (Å²) in [6.45, 7) is 23.6. The Kier molecular flexibility index (Phi) is 14.3. The lowest BCUT2D eigenvalue weighted by atomic mass is 10.1. The van der Waals surface area contributed by atoms with Crippen molar-refractivity contribution >= 4 is 17.7 Å². The zero-order valence-electron chi connectivity index (χ0n) is 40.3. The number of carbonyl (C=O) groups is 3. The van der Waals surface area contributed by atoms with Crippen molar-refractivity contribution in [1.29, 1.82) is 0 Å². The molecule has 67 heavy (non-hydrogen) atoms. The first-order valence-electron chi connectivity index (χ1n) is 21.6. The van der Waals surface area contributed by atoms with Crippen molar-refractivity contribution in [3.8, 4) is 0 Å². The van der Waals surface area contributed by atoms with Gasteiger partial charge in [0.05, 0.1) is 98.6 Å². The van der Waals surface area contributed by atoms with Crippen LogP contribution in [0.15, 0.2) is 42.3 Å². The van der Waals surface area contributed by atoms with Gasteiger partial charge in [-0.3, -0.25) is 14.4 Å². The third-order valence-electron chi connectivity index (χ3n) is 10.1. The number of rotatable bonds is 18. The SMILES string of the molecule is CC(C)(C)n1cc(CN(Cc2cn(C(C)(C)C)nn2)C(=O)Cn2cc(CN(Cc3cn(CC(=O)N(Cc4cn(C(C)(C)C)nn4)Cc4cn(C(C)(C)C)nn4)nn3)C(=O)CN=[N+]=[N-])nn2)nn1. The first-order valence-corrected chi connectivity index (χ1v) is 21.6. The Hall–Kier alpha value is -7.44. The Morgan fingerprint density at radius 2 is 0.701 bits per heavy atom. The molecule has 0 aliphatic rings. The number of aromatic nitrogens is 18. The molecule has 0 atom stereocenters. The molecule has 0 spiro atoms. The summed E-state index contributed by atoms with van der Waals surface area (Å²) < 4.78 is 9.70. The summed E-state index contributed by atoms with van der Waals surface area (Å²) in [5.41, 5.74) is 10.8. The van der Waals surface area contributed by atoms with E-state index in [0.29, 0.717) is 34.2 Å². The molecular formula is C40H60N24O3. The van der Waals surface area contributed by atoms with Crippen molar-refractivity contribution < 1.29 is 14.4 Å². The quantitative estimate of drug-likeness (QED) is 0.0680. The molecule has 6 heterocycles. The van der Waals surface area contributed by atoms with E-state index in [1.54, 1.807) is 65.7 Å². The zero-order chi connectivity index (χ0) is 48.9. The highest BCUT2D eigenvalue weighted by molar-refractivity contribution is 5.78. The minimum atomic E-state index is -0.524. The highest BCUT2D eigenvalue weighted by Gasteiger charge is 2.26. The summed E-state index contributed by atoms with van der Waals surface area (Å²) in [6, 6.07) is 0. The second kappa shape index (κ2) is 19.6. The molecule has 0 bridgehead atoms. The third kappa shape index (κ3) is 13.3. The Bertz CT molecular complexity index is 2410. The van der Waals surface area contributed by atoms with Gasteiger partial charge in [0.25, 0.3) is 0 Å². The van der Waals surface area contributed by atoms with E-state index in [-0.39, 0.29) is 86.3 Å². The smallest absolute Gasteiger partial charge is 0.245 e. The van der Waals surface area contributed by atoms with Crippen molar-refractivity contribution in [2.45, 2.75) is 158 Å². The highest BCUT2D eigenvalue weighted by atomic mass is 16.2. The number of nitrogens with zero attached hydrogens (tertiary/aromatic N) is 24. The lowest BCUT2D eigenvalue weighted by Crippen LogP contribution is -2.33. The van der Waals surface area contributed by atoms with E-state index in [4.69, 9.17) is 5.53 Å². The molecule has 27 heteroatoms. The average Bonchev–Trinajstić information content (AvgIpc) is 4.08. The van der Waals surface area contributed by atoms with Crippen LogP contribution in [0.25, 0.3) is 10.4 Å². The first-order chi connectivity index (χ1) is 31.3. The number of amides is 3. The number of hydrogen-bond donors (Lipinski definition) is 0. The lowest BCUT2D eigenvalue weighted by Gasteiger charge is -2.21. The number of hydrogen-bond acceptors (Lipinski definition) is 16. The topological polar surface area (TPSA) is 294 Å². The van der Waals surface area contributed by atoms with Crippen molar-refractivity contribution in [3.05, 3.63) is 81.8 Å². The maximum Gasteiger partial charge on any atom is 0.245 e. The number of azide groups is 1. The van der Waals surface area contributed by atoms with Gasteiger partial charge in [-0.2, -0.15) is 0 Å². The highest BCUT2D eigenvalue weighted by Crippen LogP contribution is 2.19. The number of carbonyl (C=O) groups excluding carboxylic acids is 3. The predicted molar refractivity (Wildman–Crippen MR) is 237 cm³/mol. The van der Waals surface area contributed by atoms with Gasteiger partial charge < -0.3 is 14.7 Å². The second-order valence-electron chi connectivity index (χ2n) is 20.3. The van der Waals surface area contributed by atoms with Crippen molar-refractivity contribution in [2.24, 2.45) is 5.11 Å². The molecule has 0 unspecified atom stereocenters. The van der Waals surface area contributed by atoms with E-state index in [2.05, 4.69) is 71.9 Å². The fraction of sp³-hybridized carbons (Fsp3) is 0.625. The molecule has 358 valence electrons. The average molecular weight is 925 g/mol. The van der Waals surface area contributed by atoms with Crippen LogP contribution in [-0.4, -0.2) is 129 Å². The van der Waals surface area contributed by atoms with E-state index >= 15 is 0 Å². The minimum absolute atomic E-state index is 0.0758. The van der Waals surface area contributed by atoms with E-state index in [1.165, 1.54) is 14.3 Å². The van der Waals surface area contributed by atoms with Crippen molar-refractivity contribution in [3.63, 3.8) is 0 Å². The summed E-state index contributed by atoms with van der Waals surface area (Å²) in [5.74, 6) is -1.13. The predicted octanol–water partition coefficient (Wildman–Crippen LogP) is 2.55. The van der Waals surface area contributed by atoms with Crippen LogP contribution in [0.5, 0.6) is 0 Å². The molecule has 3 amide bonds. The van der Waals surface area contributed by atoms with Crippen LogP contribution in [-0.2, 0) is 88.9 Å². The zero-order valence-corrected chi connectivity index (χ0v) is 40.3. The first kappa shape index (κ1) is 49.0. The molecule has 0 saturated heterocycles. The van der Waals surface area contributed by atoms with Crippen LogP contribution >= 0.6 is 0 Å². The fourth-order valence-corrected chi connectivity index (χ4v) is 6.31. The monoisotopic (exact) mass is 925 g/mol. The van der Waals surface area contributed by atoms with Crippen molar-refractivity contribution in [2.75, 3.05) is 6.54 Å². The molecule has 27 nitrogen and oxygen atoms in total. The van der Waals surface area contributed by atoms with Gasteiger partial charge in [-0.25, -0.2) is 28.1 Å². The third-order valence-corrected chi connectivity index (χ3v) is 10.1. The second-order valence-corrected chi connectivity index (χ2v) is 20.3. The van der Waals surface area contributed by atoms with Gasteiger partial charge in [0.2, 0.25) is 17.7 Å². The van der Waals surface area contributed by atoms with E-state index in [9.17, 15) is 14.4 Å². The standard InChI is InChI=1S/C40H60N24O3/c1-37(2,3)61-22-30(45-52-61)16-57(17-31-23-62(53-46-31)38(4,5)6)35(66)26-59-20-28(43-50-59)14-56(34(65)13-42-49-41)15-29-21-60(51-44-29)27-36(67)58(18-32-24-63(54-47-32)39(7,8)9)19-33-25-64(55-48-33)40(10,11)12/h20-25H,13-19,26-27H2,1-12H3. The van der Waals surface area contributed by atoms with Crippen LogP contribution in [0.1, 0.15) is 117 Å². The van der Waals surface area contributed by atoms with Gasteiger partial charge in [0, 0.05) is 4.91 Å². The van der Waals surface area contributed by atoms with Gasteiger partial charge in [-0.15, -0.1) is 30.6 Å². The van der Waals surface area contributed by atoms with Crippen molar-refractivity contribution in [1.82, 2.24) is 105 Å². The molecule has 6 aromatic heterocycles. The minimum Gasteiger partial charge on any atom is -0.331 e. The molecule has 0 aliphatic carbocycles. The maximum absolute atomic E-state index is 14.0. The lowest BCUT2D eigenvalue weighted by molar-refractivity contribution is -0.134. The molecule has 6 aromatic rings. The van der Waals surface area contributed by atoms with E-state index < -0.39 is 12.5 Å². The molecule has 0 radical (unpaired) electrons. The molecule has 0 fully saturated rings. The summed E-state index contributed by atoms with van der Waals surface area (Å²) in [6.07, 6.45) is 10.3.